The van der Waals surface area contributed by atoms with Crippen molar-refractivity contribution in [2.75, 3.05) is 11.9 Å². The Balaban J connectivity index is 2.79. The summed E-state index contributed by atoms with van der Waals surface area (Å²) >= 11 is 0. The van der Waals surface area contributed by atoms with Crippen molar-refractivity contribution in [3.63, 3.8) is 0 Å². The Hall–Kier alpha value is -1.84. The fourth-order valence-electron chi connectivity index (χ4n) is 2.12. The summed E-state index contributed by atoms with van der Waals surface area (Å²) in [6.45, 7) is 9.53. The van der Waals surface area contributed by atoms with E-state index in [9.17, 15) is 9.59 Å². The van der Waals surface area contributed by atoms with E-state index >= 15 is 0 Å². The lowest BCUT2D eigenvalue weighted by Gasteiger charge is -2.25. The Morgan fingerprint density at radius 3 is 2.25 bits per heavy atom. The summed E-state index contributed by atoms with van der Waals surface area (Å²) in [6, 6.07) is 7.76. The van der Waals surface area contributed by atoms with E-state index < -0.39 is 0 Å². The summed E-state index contributed by atoms with van der Waals surface area (Å²) in [5, 5.41) is 2.90. The molecular weight excluding hydrogens is 252 g/mol. The van der Waals surface area contributed by atoms with Gasteiger partial charge in [-0.1, -0.05) is 32.0 Å². The normalized spacial score (nSPS) is 10.8. The summed E-state index contributed by atoms with van der Waals surface area (Å²) in [7, 11) is 0. The molecule has 2 amide bonds. The lowest BCUT2D eigenvalue weighted by Crippen LogP contribution is -2.41. The lowest BCUT2D eigenvalue weighted by atomic mass is 10.0. The maximum atomic E-state index is 12.1. The van der Waals surface area contributed by atoms with Gasteiger partial charge < -0.3 is 10.2 Å². The second-order valence-electron chi connectivity index (χ2n) is 5.53. The first-order valence-corrected chi connectivity index (χ1v) is 6.99. The number of nitrogens with zero attached hydrogens (tertiary/aromatic N) is 1. The van der Waals surface area contributed by atoms with Crippen LogP contribution in [-0.4, -0.2) is 29.3 Å². The van der Waals surface area contributed by atoms with Gasteiger partial charge in [-0.15, -0.1) is 0 Å². The van der Waals surface area contributed by atoms with Crippen LogP contribution < -0.4 is 5.32 Å². The summed E-state index contributed by atoms with van der Waals surface area (Å²) < 4.78 is 0. The van der Waals surface area contributed by atoms with Crippen LogP contribution in [0.2, 0.25) is 0 Å². The Morgan fingerprint density at radius 1 is 1.15 bits per heavy atom. The minimum Gasteiger partial charge on any atom is -0.331 e. The molecule has 1 rings (SSSR count). The number of anilines is 1. The van der Waals surface area contributed by atoms with Gasteiger partial charge in [0.15, 0.2) is 0 Å². The molecule has 110 valence electrons. The molecule has 4 heteroatoms. The molecule has 4 nitrogen and oxygen atoms in total. The van der Waals surface area contributed by atoms with Gasteiger partial charge in [-0.25, -0.2) is 0 Å². The monoisotopic (exact) mass is 276 g/mol. The van der Waals surface area contributed by atoms with E-state index in [-0.39, 0.29) is 24.4 Å². The zero-order valence-corrected chi connectivity index (χ0v) is 12.9. The molecule has 0 spiro atoms. The maximum Gasteiger partial charge on any atom is 0.244 e. The topological polar surface area (TPSA) is 49.4 Å². The molecule has 0 heterocycles. The van der Waals surface area contributed by atoms with Gasteiger partial charge in [-0.05, 0) is 31.4 Å². The molecule has 0 atom stereocenters. The highest BCUT2D eigenvalue weighted by Gasteiger charge is 2.17. The van der Waals surface area contributed by atoms with Crippen molar-refractivity contribution in [3.05, 3.63) is 29.8 Å². The number of hydrogen-bond donors (Lipinski definition) is 1. The molecule has 20 heavy (non-hydrogen) atoms. The molecule has 0 aliphatic carbocycles. The van der Waals surface area contributed by atoms with Crippen LogP contribution in [0.25, 0.3) is 0 Å². The fourth-order valence-corrected chi connectivity index (χ4v) is 2.12. The third-order valence-electron chi connectivity index (χ3n) is 3.20. The smallest absolute Gasteiger partial charge is 0.244 e. The second-order valence-corrected chi connectivity index (χ2v) is 5.53. The number of para-hydroxylation sites is 1. The molecule has 0 saturated heterocycles. The zero-order valence-electron chi connectivity index (χ0n) is 12.9. The highest BCUT2D eigenvalue weighted by molar-refractivity contribution is 5.95. The van der Waals surface area contributed by atoms with Gasteiger partial charge in [-0.3, -0.25) is 9.59 Å². The average Bonchev–Trinajstić information content (AvgIpc) is 2.35. The Morgan fingerprint density at radius 2 is 1.75 bits per heavy atom. The molecular formula is C16H24N2O2. The van der Waals surface area contributed by atoms with Gasteiger partial charge in [0.1, 0.15) is 6.54 Å². The van der Waals surface area contributed by atoms with E-state index in [4.69, 9.17) is 0 Å². The third kappa shape index (κ3) is 4.37. The SMILES string of the molecule is CC(=O)N(CC(=O)Nc1ccccc1C(C)C)C(C)C. The number of hydrogen-bond acceptors (Lipinski definition) is 2. The van der Waals surface area contributed by atoms with Crippen LogP contribution >= 0.6 is 0 Å². The van der Waals surface area contributed by atoms with Crippen molar-refractivity contribution < 1.29 is 9.59 Å². The van der Waals surface area contributed by atoms with Crippen LogP contribution in [0.15, 0.2) is 24.3 Å². The summed E-state index contributed by atoms with van der Waals surface area (Å²) in [5.74, 6) is 0.0785. The van der Waals surface area contributed by atoms with Gasteiger partial charge in [0.25, 0.3) is 0 Å². The molecule has 0 radical (unpaired) electrons. The molecule has 0 aromatic heterocycles. The van der Waals surface area contributed by atoms with Gasteiger partial charge >= 0.3 is 0 Å². The Bertz CT molecular complexity index is 481. The third-order valence-corrected chi connectivity index (χ3v) is 3.20. The van der Waals surface area contributed by atoms with E-state index in [0.29, 0.717) is 5.92 Å². The van der Waals surface area contributed by atoms with E-state index in [1.165, 1.54) is 6.92 Å². The second kappa shape index (κ2) is 7.08. The van der Waals surface area contributed by atoms with Crippen molar-refractivity contribution in [1.29, 1.82) is 0 Å². The van der Waals surface area contributed by atoms with Crippen molar-refractivity contribution in [2.24, 2.45) is 0 Å². The molecule has 1 N–H and O–H groups in total. The number of rotatable bonds is 5. The standard InChI is InChI=1S/C16H24N2O2/c1-11(2)14-8-6-7-9-15(14)17-16(20)10-18(12(3)4)13(5)19/h6-9,11-12H,10H2,1-5H3,(H,17,20). The fraction of sp³-hybridized carbons (Fsp3) is 0.500. The van der Waals surface area contributed by atoms with Crippen LogP contribution in [-0.2, 0) is 9.59 Å². The van der Waals surface area contributed by atoms with Gasteiger partial charge in [0.2, 0.25) is 11.8 Å². The van der Waals surface area contributed by atoms with Gasteiger partial charge in [-0.2, -0.15) is 0 Å². The highest BCUT2D eigenvalue weighted by Crippen LogP contribution is 2.23. The summed E-state index contributed by atoms with van der Waals surface area (Å²) in [5.41, 5.74) is 1.92. The van der Waals surface area contributed by atoms with Crippen molar-refractivity contribution in [3.8, 4) is 0 Å². The zero-order chi connectivity index (χ0) is 15.3. The number of amides is 2. The molecule has 0 aliphatic heterocycles. The number of carbonyl (C=O) groups excluding carboxylic acids is 2. The number of carbonyl (C=O) groups is 2. The van der Waals surface area contributed by atoms with Crippen molar-refractivity contribution in [2.45, 2.75) is 46.6 Å². The lowest BCUT2D eigenvalue weighted by molar-refractivity contribution is -0.134. The average molecular weight is 276 g/mol. The van der Waals surface area contributed by atoms with E-state index in [1.54, 1.807) is 4.90 Å². The van der Waals surface area contributed by atoms with E-state index in [2.05, 4.69) is 19.2 Å². The number of benzene rings is 1. The van der Waals surface area contributed by atoms with Crippen LogP contribution in [0.4, 0.5) is 5.69 Å². The van der Waals surface area contributed by atoms with Gasteiger partial charge in [0, 0.05) is 18.7 Å². The van der Waals surface area contributed by atoms with Crippen LogP contribution in [0.3, 0.4) is 0 Å². The maximum absolute atomic E-state index is 12.1. The highest BCUT2D eigenvalue weighted by atomic mass is 16.2. The minimum absolute atomic E-state index is 0.0126. The summed E-state index contributed by atoms with van der Waals surface area (Å²) in [4.78, 5) is 25.1. The van der Waals surface area contributed by atoms with Gasteiger partial charge in [0.05, 0.1) is 0 Å². The van der Waals surface area contributed by atoms with Crippen LogP contribution in [0, 0.1) is 0 Å². The Kier molecular flexibility index (Phi) is 5.74. The molecule has 1 aromatic carbocycles. The number of nitrogens with one attached hydrogen (secondary N) is 1. The van der Waals surface area contributed by atoms with Crippen LogP contribution in [0.5, 0.6) is 0 Å². The molecule has 0 unspecified atom stereocenters. The van der Waals surface area contributed by atoms with E-state index in [0.717, 1.165) is 11.3 Å². The summed E-state index contributed by atoms with van der Waals surface area (Å²) in [6.07, 6.45) is 0. The van der Waals surface area contributed by atoms with Crippen LogP contribution in [0.1, 0.15) is 46.1 Å². The molecule has 0 fully saturated rings. The van der Waals surface area contributed by atoms with Crippen molar-refractivity contribution >= 4 is 17.5 Å². The first kappa shape index (κ1) is 16.2. The Labute approximate surface area is 121 Å². The molecule has 0 saturated carbocycles. The first-order chi connectivity index (χ1) is 9.32. The molecule has 0 aliphatic rings. The largest absolute Gasteiger partial charge is 0.331 e. The molecule has 0 bridgehead atoms. The van der Waals surface area contributed by atoms with E-state index in [1.807, 2.05) is 38.1 Å². The predicted octanol–water partition coefficient (Wildman–Crippen LogP) is 3.01. The molecule has 1 aromatic rings. The first-order valence-electron chi connectivity index (χ1n) is 6.99. The quantitative estimate of drug-likeness (QED) is 0.898. The minimum atomic E-state index is -0.165. The van der Waals surface area contributed by atoms with Crippen molar-refractivity contribution in [1.82, 2.24) is 4.90 Å². The predicted molar refractivity (Wildman–Crippen MR) is 81.7 cm³/mol.